The van der Waals surface area contributed by atoms with Crippen molar-refractivity contribution in [2.45, 2.75) is 46.1 Å². The van der Waals surface area contributed by atoms with Crippen LogP contribution in [-0.4, -0.2) is 25.0 Å². The number of rotatable bonds is 5. The quantitative estimate of drug-likeness (QED) is 0.900. The van der Waals surface area contributed by atoms with Crippen molar-refractivity contribution < 1.29 is 4.79 Å². The average molecular weight is 288 g/mol. The molecule has 1 aromatic carbocycles. The molecule has 116 valence electrons. The van der Waals surface area contributed by atoms with Crippen LogP contribution >= 0.6 is 0 Å². The standard InChI is InChI=1S/C18H28N2O/c1-4-20(16-10-6-5-7-11-16)18(21)13-19-17-12-8-9-14(2)15(17)3/h5-7,10-11,14-15,17,19H,4,8-9,12-13H2,1-3H3. The minimum Gasteiger partial charge on any atom is -0.312 e. The fourth-order valence-electron chi connectivity index (χ4n) is 3.29. The number of likely N-dealkylation sites (N-methyl/N-ethyl adjacent to an activating group) is 1. The van der Waals surface area contributed by atoms with Crippen LogP contribution in [0, 0.1) is 11.8 Å². The van der Waals surface area contributed by atoms with Gasteiger partial charge in [-0.25, -0.2) is 0 Å². The van der Waals surface area contributed by atoms with Gasteiger partial charge in [-0.05, 0) is 37.3 Å². The molecule has 1 fully saturated rings. The highest BCUT2D eigenvalue weighted by Gasteiger charge is 2.27. The van der Waals surface area contributed by atoms with Gasteiger partial charge in [-0.15, -0.1) is 0 Å². The summed E-state index contributed by atoms with van der Waals surface area (Å²) in [5.74, 6) is 1.57. The molecule has 1 aliphatic carbocycles. The van der Waals surface area contributed by atoms with E-state index < -0.39 is 0 Å². The van der Waals surface area contributed by atoms with Gasteiger partial charge in [0.25, 0.3) is 0 Å². The van der Waals surface area contributed by atoms with E-state index in [9.17, 15) is 4.79 Å². The van der Waals surface area contributed by atoms with Crippen LogP contribution < -0.4 is 10.2 Å². The number of carbonyl (C=O) groups is 1. The molecule has 3 heteroatoms. The Morgan fingerprint density at radius 1 is 1.24 bits per heavy atom. The number of benzene rings is 1. The van der Waals surface area contributed by atoms with Crippen LogP contribution in [0.5, 0.6) is 0 Å². The van der Waals surface area contributed by atoms with Crippen molar-refractivity contribution in [3.05, 3.63) is 30.3 Å². The second-order valence-corrected chi connectivity index (χ2v) is 6.23. The summed E-state index contributed by atoms with van der Waals surface area (Å²) in [6, 6.07) is 10.4. The van der Waals surface area contributed by atoms with Crippen LogP contribution in [0.4, 0.5) is 5.69 Å². The van der Waals surface area contributed by atoms with Gasteiger partial charge in [-0.2, -0.15) is 0 Å². The second-order valence-electron chi connectivity index (χ2n) is 6.23. The van der Waals surface area contributed by atoms with Crippen LogP contribution in [-0.2, 0) is 4.79 Å². The van der Waals surface area contributed by atoms with Gasteiger partial charge in [0, 0.05) is 18.3 Å². The monoisotopic (exact) mass is 288 g/mol. The van der Waals surface area contributed by atoms with Crippen molar-refractivity contribution >= 4 is 11.6 Å². The Bertz CT molecular complexity index is 446. The summed E-state index contributed by atoms with van der Waals surface area (Å²) in [6.07, 6.45) is 3.78. The molecule has 0 saturated heterocycles. The van der Waals surface area contributed by atoms with E-state index >= 15 is 0 Å². The number of hydrogen-bond acceptors (Lipinski definition) is 2. The lowest BCUT2D eigenvalue weighted by Crippen LogP contribution is -2.46. The fraction of sp³-hybridized carbons (Fsp3) is 0.611. The minimum atomic E-state index is 0.161. The summed E-state index contributed by atoms with van der Waals surface area (Å²) in [4.78, 5) is 14.3. The minimum absolute atomic E-state index is 0.161. The summed E-state index contributed by atoms with van der Waals surface area (Å²) in [7, 11) is 0. The molecular formula is C18H28N2O. The molecule has 0 aromatic heterocycles. The summed E-state index contributed by atoms with van der Waals surface area (Å²) in [5, 5.41) is 3.49. The highest BCUT2D eigenvalue weighted by molar-refractivity contribution is 5.94. The molecule has 2 rings (SSSR count). The van der Waals surface area contributed by atoms with E-state index in [1.165, 1.54) is 19.3 Å². The van der Waals surface area contributed by atoms with Gasteiger partial charge in [0.2, 0.25) is 5.91 Å². The number of carbonyl (C=O) groups excluding carboxylic acids is 1. The number of para-hydroxylation sites is 1. The maximum atomic E-state index is 12.5. The first kappa shape index (κ1) is 16.0. The summed E-state index contributed by atoms with van der Waals surface area (Å²) >= 11 is 0. The number of hydrogen-bond donors (Lipinski definition) is 1. The maximum absolute atomic E-state index is 12.5. The van der Waals surface area contributed by atoms with Crippen LogP contribution in [0.3, 0.4) is 0 Å². The molecule has 21 heavy (non-hydrogen) atoms. The van der Waals surface area contributed by atoms with E-state index in [0.29, 0.717) is 25.0 Å². The molecule has 3 unspecified atom stereocenters. The Morgan fingerprint density at radius 3 is 2.62 bits per heavy atom. The average Bonchev–Trinajstić information content (AvgIpc) is 2.50. The van der Waals surface area contributed by atoms with Gasteiger partial charge in [0.1, 0.15) is 0 Å². The summed E-state index contributed by atoms with van der Waals surface area (Å²) < 4.78 is 0. The maximum Gasteiger partial charge on any atom is 0.240 e. The van der Waals surface area contributed by atoms with Crippen LogP contribution in [0.25, 0.3) is 0 Å². The zero-order valence-electron chi connectivity index (χ0n) is 13.5. The molecule has 0 spiro atoms. The summed E-state index contributed by atoms with van der Waals surface area (Å²) in [6.45, 7) is 7.80. The first-order valence-corrected chi connectivity index (χ1v) is 8.22. The van der Waals surface area contributed by atoms with Gasteiger partial charge >= 0.3 is 0 Å². The van der Waals surface area contributed by atoms with Gasteiger partial charge in [0.15, 0.2) is 0 Å². The summed E-state index contributed by atoms with van der Waals surface area (Å²) in [5.41, 5.74) is 0.983. The fourth-order valence-corrected chi connectivity index (χ4v) is 3.29. The normalized spacial score (nSPS) is 25.6. The molecule has 1 N–H and O–H groups in total. The first-order valence-electron chi connectivity index (χ1n) is 8.22. The predicted molar refractivity (Wildman–Crippen MR) is 88.4 cm³/mol. The first-order chi connectivity index (χ1) is 10.1. The Labute approximate surface area is 128 Å². The number of nitrogens with zero attached hydrogens (tertiary/aromatic N) is 1. The van der Waals surface area contributed by atoms with E-state index in [-0.39, 0.29) is 5.91 Å². The molecule has 0 bridgehead atoms. The Hall–Kier alpha value is -1.35. The smallest absolute Gasteiger partial charge is 0.240 e. The van der Waals surface area contributed by atoms with Crippen molar-refractivity contribution in [2.75, 3.05) is 18.0 Å². The van der Waals surface area contributed by atoms with Crippen LogP contribution in [0.1, 0.15) is 40.0 Å². The number of amides is 1. The largest absolute Gasteiger partial charge is 0.312 e. The highest BCUT2D eigenvalue weighted by Crippen LogP contribution is 2.29. The van der Waals surface area contributed by atoms with Crippen LogP contribution in [0.2, 0.25) is 0 Å². The number of anilines is 1. The molecule has 3 atom stereocenters. The lowest BCUT2D eigenvalue weighted by molar-refractivity contribution is -0.118. The third-order valence-electron chi connectivity index (χ3n) is 4.91. The Morgan fingerprint density at radius 2 is 1.95 bits per heavy atom. The second kappa shape index (κ2) is 7.60. The molecule has 1 aromatic rings. The molecule has 3 nitrogen and oxygen atoms in total. The van der Waals surface area contributed by atoms with E-state index in [1.807, 2.05) is 42.2 Å². The van der Waals surface area contributed by atoms with Crippen molar-refractivity contribution in [3.8, 4) is 0 Å². The predicted octanol–water partition coefficient (Wildman–Crippen LogP) is 3.45. The number of nitrogens with one attached hydrogen (secondary N) is 1. The van der Waals surface area contributed by atoms with Gasteiger partial charge in [-0.3, -0.25) is 4.79 Å². The Balaban J connectivity index is 1.91. The third-order valence-corrected chi connectivity index (χ3v) is 4.91. The lowest BCUT2D eigenvalue weighted by atomic mass is 9.78. The molecular weight excluding hydrogens is 260 g/mol. The van der Waals surface area contributed by atoms with E-state index in [2.05, 4.69) is 19.2 Å². The zero-order valence-corrected chi connectivity index (χ0v) is 13.5. The SMILES string of the molecule is CCN(C(=O)CNC1CCCC(C)C1C)c1ccccc1. The molecule has 1 saturated carbocycles. The molecule has 1 aliphatic rings. The highest BCUT2D eigenvalue weighted by atomic mass is 16.2. The van der Waals surface area contributed by atoms with Gasteiger partial charge < -0.3 is 10.2 Å². The van der Waals surface area contributed by atoms with Crippen LogP contribution in [0.15, 0.2) is 30.3 Å². The van der Waals surface area contributed by atoms with Crippen molar-refractivity contribution in [1.29, 1.82) is 0 Å². The van der Waals surface area contributed by atoms with Crippen molar-refractivity contribution in [2.24, 2.45) is 11.8 Å². The van der Waals surface area contributed by atoms with Gasteiger partial charge in [0.05, 0.1) is 6.54 Å². The molecule has 0 radical (unpaired) electrons. The Kier molecular flexibility index (Phi) is 5.80. The topological polar surface area (TPSA) is 32.3 Å². The van der Waals surface area contributed by atoms with Gasteiger partial charge in [-0.1, -0.05) is 44.9 Å². The lowest BCUT2D eigenvalue weighted by Gasteiger charge is -2.35. The third kappa shape index (κ3) is 4.07. The van der Waals surface area contributed by atoms with Crippen molar-refractivity contribution in [1.82, 2.24) is 5.32 Å². The van der Waals surface area contributed by atoms with E-state index in [4.69, 9.17) is 0 Å². The van der Waals surface area contributed by atoms with E-state index in [1.54, 1.807) is 0 Å². The molecule has 1 amide bonds. The zero-order chi connectivity index (χ0) is 15.2. The molecule has 0 heterocycles. The van der Waals surface area contributed by atoms with Crippen molar-refractivity contribution in [3.63, 3.8) is 0 Å². The van der Waals surface area contributed by atoms with E-state index in [0.717, 1.165) is 11.6 Å². The molecule has 0 aliphatic heterocycles.